The Morgan fingerprint density at radius 1 is 1.58 bits per heavy atom. The van der Waals surface area contributed by atoms with Gasteiger partial charge in [-0.25, -0.2) is 0 Å². The zero-order valence-corrected chi connectivity index (χ0v) is 7.92. The highest BCUT2D eigenvalue weighted by atomic mass is 16.1. The molecule has 68 valence electrons. The van der Waals surface area contributed by atoms with Crippen molar-refractivity contribution < 1.29 is 4.79 Å². The second kappa shape index (κ2) is 4.41. The van der Waals surface area contributed by atoms with Crippen molar-refractivity contribution in [1.29, 1.82) is 0 Å². The summed E-state index contributed by atoms with van der Waals surface area (Å²) < 4.78 is 0. The summed E-state index contributed by atoms with van der Waals surface area (Å²) in [5, 5.41) is 0. The van der Waals surface area contributed by atoms with Crippen molar-refractivity contribution in [1.82, 2.24) is 4.90 Å². The highest BCUT2D eigenvalue weighted by Gasteiger charge is 2.26. The van der Waals surface area contributed by atoms with Crippen molar-refractivity contribution in [3.05, 3.63) is 12.2 Å². The van der Waals surface area contributed by atoms with Crippen LogP contribution in [0.25, 0.3) is 0 Å². The first-order valence-corrected chi connectivity index (χ1v) is 4.65. The van der Waals surface area contributed by atoms with Gasteiger partial charge >= 0.3 is 0 Å². The minimum Gasteiger partial charge on any atom is -0.297 e. The molecule has 0 saturated heterocycles. The van der Waals surface area contributed by atoms with Crippen LogP contribution in [0.4, 0.5) is 0 Å². The summed E-state index contributed by atoms with van der Waals surface area (Å²) in [4.78, 5) is 13.0. The van der Waals surface area contributed by atoms with Crippen molar-refractivity contribution in [2.75, 3.05) is 13.1 Å². The summed E-state index contributed by atoms with van der Waals surface area (Å²) in [5.41, 5.74) is 0. The molecule has 0 bridgehead atoms. The fraction of sp³-hybridized carbons (Fsp3) is 0.700. The predicted octanol–water partition coefficient (Wildman–Crippen LogP) is 1.62. The zero-order chi connectivity index (χ0) is 8.97. The van der Waals surface area contributed by atoms with Crippen LogP contribution in [0.15, 0.2) is 12.2 Å². The van der Waals surface area contributed by atoms with Crippen LogP contribution < -0.4 is 0 Å². The standard InChI is InChI=1S/C10H17NO/c1-3-11(10-6-7-10)8-4-5-9(2)12/h4-5,10H,3,6-8H2,1-2H3/b5-4+. The number of hydrogen-bond acceptors (Lipinski definition) is 2. The molecule has 0 aromatic heterocycles. The van der Waals surface area contributed by atoms with Crippen LogP contribution in [0, 0.1) is 0 Å². The normalized spacial score (nSPS) is 17.6. The van der Waals surface area contributed by atoms with Crippen molar-refractivity contribution in [2.24, 2.45) is 0 Å². The Hall–Kier alpha value is -0.630. The molecule has 2 heteroatoms. The average molecular weight is 167 g/mol. The van der Waals surface area contributed by atoms with Crippen molar-refractivity contribution in [3.8, 4) is 0 Å². The van der Waals surface area contributed by atoms with Crippen LogP contribution in [-0.2, 0) is 4.79 Å². The van der Waals surface area contributed by atoms with Crippen LogP contribution in [0.3, 0.4) is 0 Å². The maximum absolute atomic E-state index is 10.6. The van der Waals surface area contributed by atoms with Gasteiger partial charge in [-0.05, 0) is 32.4 Å². The van der Waals surface area contributed by atoms with Gasteiger partial charge in [0.2, 0.25) is 0 Å². The predicted molar refractivity (Wildman–Crippen MR) is 50.1 cm³/mol. The van der Waals surface area contributed by atoms with E-state index in [2.05, 4.69) is 11.8 Å². The third-order valence-corrected chi connectivity index (χ3v) is 2.16. The Morgan fingerprint density at radius 3 is 2.67 bits per heavy atom. The SMILES string of the molecule is CCN(C/C=C/C(C)=O)C1CC1. The van der Waals surface area contributed by atoms with Crippen LogP contribution in [-0.4, -0.2) is 29.8 Å². The molecule has 0 radical (unpaired) electrons. The number of carbonyl (C=O) groups is 1. The molecule has 0 amide bonds. The quantitative estimate of drug-likeness (QED) is 0.580. The van der Waals surface area contributed by atoms with E-state index in [9.17, 15) is 4.79 Å². The second-order valence-corrected chi connectivity index (χ2v) is 3.33. The van der Waals surface area contributed by atoms with E-state index < -0.39 is 0 Å². The fourth-order valence-electron chi connectivity index (χ4n) is 1.33. The molecule has 0 unspecified atom stereocenters. The van der Waals surface area contributed by atoms with Crippen molar-refractivity contribution in [2.45, 2.75) is 32.7 Å². The molecule has 0 spiro atoms. The lowest BCUT2D eigenvalue weighted by Gasteiger charge is -2.16. The first-order valence-electron chi connectivity index (χ1n) is 4.65. The number of allylic oxidation sites excluding steroid dienone is 1. The lowest BCUT2D eigenvalue weighted by Crippen LogP contribution is -2.25. The first kappa shape index (κ1) is 9.46. The number of likely N-dealkylation sites (N-methyl/N-ethyl adjacent to an activating group) is 1. The number of hydrogen-bond donors (Lipinski definition) is 0. The fourth-order valence-corrected chi connectivity index (χ4v) is 1.33. The van der Waals surface area contributed by atoms with Gasteiger partial charge in [-0.15, -0.1) is 0 Å². The Bertz CT molecular complexity index is 182. The maximum atomic E-state index is 10.6. The summed E-state index contributed by atoms with van der Waals surface area (Å²) in [6.45, 7) is 5.78. The highest BCUT2D eigenvalue weighted by Crippen LogP contribution is 2.25. The highest BCUT2D eigenvalue weighted by molar-refractivity contribution is 5.87. The lowest BCUT2D eigenvalue weighted by atomic mass is 10.3. The molecule has 0 atom stereocenters. The Kier molecular flexibility index (Phi) is 3.48. The smallest absolute Gasteiger partial charge is 0.152 e. The Balaban J connectivity index is 2.22. The monoisotopic (exact) mass is 167 g/mol. The molecule has 0 heterocycles. The van der Waals surface area contributed by atoms with Crippen LogP contribution >= 0.6 is 0 Å². The largest absolute Gasteiger partial charge is 0.297 e. The lowest BCUT2D eigenvalue weighted by molar-refractivity contribution is -0.112. The summed E-state index contributed by atoms with van der Waals surface area (Å²) in [7, 11) is 0. The van der Waals surface area contributed by atoms with Gasteiger partial charge in [-0.1, -0.05) is 13.0 Å². The molecule has 1 saturated carbocycles. The molecule has 1 aliphatic rings. The molecule has 0 aliphatic heterocycles. The van der Waals surface area contributed by atoms with Crippen LogP contribution in [0.5, 0.6) is 0 Å². The van der Waals surface area contributed by atoms with Gasteiger partial charge in [0, 0.05) is 12.6 Å². The third kappa shape index (κ3) is 3.18. The molecule has 1 fully saturated rings. The summed E-state index contributed by atoms with van der Waals surface area (Å²) in [6, 6.07) is 0.798. The van der Waals surface area contributed by atoms with Gasteiger partial charge in [-0.3, -0.25) is 9.69 Å². The van der Waals surface area contributed by atoms with E-state index in [0.29, 0.717) is 0 Å². The van der Waals surface area contributed by atoms with Gasteiger partial charge in [0.1, 0.15) is 0 Å². The van der Waals surface area contributed by atoms with E-state index in [1.165, 1.54) is 12.8 Å². The Morgan fingerprint density at radius 2 is 2.25 bits per heavy atom. The van der Waals surface area contributed by atoms with E-state index in [1.807, 2.05) is 6.08 Å². The topological polar surface area (TPSA) is 20.3 Å². The van der Waals surface area contributed by atoms with E-state index >= 15 is 0 Å². The van der Waals surface area contributed by atoms with Crippen molar-refractivity contribution in [3.63, 3.8) is 0 Å². The third-order valence-electron chi connectivity index (χ3n) is 2.16. The van der Waals surface area contributed by atoms with Crippen LogP contribution in [0.1, 0.15) is 26.7 Å². The van der Waals surface area contributed by atoms with E-state index in [0.717, 1.165) is 19.1 Å². The minimum atomic E-state index is 0.141. The molecule has 1 aliphatic carbocycles. The molecule has 0 aromatic carbocycles. The minimum absolute atomic E-state index is 0.141. The average Bonchev–Trinajstić information content (AvgIpc) is 2.80. The molecule has 12 heavy (non-hydrogen) atoms. The molecular formula is C10H17NO. The second-order valence-electron chi connectivity index (χ2n) is 3.33. The van der Waals surface area contributed by atoms with E-state index in [-0.39, 0.29) is 5.78 Å². The Labute approximate surface area is 74.2 Å². The first-order chi connectivity index (χ1) is 5.74. The summed E-state index contributed by atoms with van der Waals surface area (Å²) >= 11 is 0. The number of rotatable bonds is 5. The number of nitrogens with zero attached hydrogens (tertiary/aromatic N) is 1. The number of ketones is 1. The summed E-state index contributed by atoms with van der Waals surface area (Å²) in [6.07, 6.45) is 6.29. The van der Waals surface area contributed by atoms with Gasteiger partial charge in [-0.2, -0.15) is 0 Å². The van der Waals surface area contributed by atoms with Crippen LogP contribution in [0.2, 0.25) is 0 Å². The maximum Gasteiger partial charge on any atom is 0.152 e. The van der Waals surface area contributed by atoms with Gasteiger partial charge < -0.3 is 0 Å². The van der Waals surface area contributed by atoms with Crippen molar-refractivity contribution >= 4 is 5.78 Å². The molecule has 0 N–H and O–H groups in total. The molecule has 0 aromatic rings. The van der Waals surface area contributed by atoms with Gasteiger partial charge in [0.25, 0.3) is 0 Å². The van der Waals surface area contributed by atoms with Gasteiger partial charge in [0.05, 0.1) is 0 Å². The zero-order valence-electron chi connectivity index (χ0n) is 7.92. The molecule has 2 nitrogen and oxygen atoms in total. The molecule has 1 rings (SSSR count). The number of carbonyl (C=O) groups excluding carboxylic acids is 1. The summed E-state index contributed by atoms with van der Waals surface area (Å²) in [5.74, 6) is 0.141. The van der Waals surface area contributed by atoms with E-state index in [1.54, 1.807) is 13.0 Å². The van der Waals surface area contributed by atoms with Gasteiger partial charge in [0.15, 0.2) is 5.78 Å². The van der Waals surface area contributed by atoms with E-state index in [4.69, 9.17) is 0 Å². The molecular weight excluding hydrogens is 150 g/mol.